The molecule has 1 aliphatic rings. The zero-order valence-electron chi connectivity index (χ0n) is 8.81. The number of carbonyl (C=O) groups excluding carboxylic acids is 2. The van der Waals surface area contributed by atoms with Crippen LogP contribution in [-0.4, -0.2) is 47.0 Å². The molecule has 7 heteroatoms. The van der Waals surface area contributed by atoms with Crippen molar-refractivity contribution < 1.29 is 19.5 Å². The molecule has 1 rings (SSSR count). The molecule has 90 valence electrons. The van der Waals surface area contributed by atoms with Crippen LogP contribution in [0.25, 0.3) is 0 Å². The lowest BCUT2D eigenvalue weighted by atomic mass is 10.1. The molecule has 0 aliphatic carbocycles. The fourth-order valence-corrected chi connectivity index (χ4v) is 1.55. The zero-order valence-corrected chi connectivity index (χ0v) is 8.81. The lowest BCUT2D eigenvalue weighted by molar-refractivity contribution is -0.141. The molecule has 1 fully saturated rings. The summed E-state index contributed by atoms with van der Waals surface area (Å²) < 4.78 is 0. The first kappa shape index (κ1) is 12.4. The van der Waals surface area contributed by atoms with Crippen molar-refractivity contribution in [2.45, 2.75) is 25.3 Å². The summed E-state index contributed by atoms with van der Waals surface area (Å²) in [6.07, 6.45) is 2.00. The summed E-state index contributed by atoms with van der Waals surface area (Å²) in [6.45, 7) is -0.0498. The third-order valence-corrected chi connectivity index (χ3v) is 2.35. The molecular weight excluding hydrogens is 214 g/mol. The van der Waals surface area contributed by atoms with E-state index in [4.69, 9.17) is 10.8 Å². The Kier molecular flexibility index (Phi) is 4.24. The molecule has 1 aliphatic heterocycles. The summed E-state index contributed by atoms with van der Waals surface area (Å²) in [5.74, 6) is -1.67. The summed E-state index contributed by atoms with van der Waals surface area (Å²) in [6, 6.07) is -1.23. The van der Waals surface area contributed by atoms with E-state index >= 15 is 0 Å². The molecule has 0 spiro atoms. The molecule has 0 saturated carbocycles. The number of nitrogens with one attached hydrogen (secondary N) is 1. The van der Waals surface area contributed by atoms with Crippen LogP contribution in [0.2, 0.25) is 0 Å². The Labute approximate surface area is 92.6 Å². The van der Waals surface area contributed by atoms with Gasteiger partial charge in [0.15, 0.2) is 0 Å². The van der Waals surface area contributed by atoms with Crippen LogP contribution < -0.4 is 11.1 Å². The maximum absolute atomic E-state index is 11.6. The fraction of sp³-hybridized carbons (Fsp3) is 0.667. The molecule has 1 saturated heterocycles. The molecule has 16 heavy (non-hydrogen) atoms. The molecule has 4 N–H and O–H groups in total. The first-order valence-electron chi connectivity index (χ1n) is 5.10. The second-order valence-corrected chi connectivity index (χ2v) is 3.60. The van der Waals surface area contributed by atoms with Gasteiger partial charge in [-0.3, -0.25) is 14.5 Å². The molecular formula is C9H15N3O4. The lowest BCUT2D eigenvalue weighted by Gasteiger charge is -2.09. The number of nitrogens with two attached hydrogens (primary N) is 1. The van der Waals surface area contributed by atoms with Crippen molar-refractivity contribution in [3.05, 3.63) is 0 Å². The Morgan fingerprint density at radius 3 is 2.69 bits per heavy atom. The molecule has 1 atom stereocenters. The summed E-state index contributed by atoms with van der Waals surface area (Å²) >= 11 is 0. The second-order valence-electron chi connectivity index (χ2n) is 3.60. The first-order valence-corrected chi connectivity index (χ1v) is 5.10. The van der Waals surface area contributed by atoms with Gasteiger partial charge in [0, 0.05) is 0 Å². The first-order chi connectivity index (χ1) is 7.56. The normalized spacial score (nSPS) is 20.1. The van der Waals surface area contributed by atoms with Gasteiger partial charge in [0.2, 0.25) is 0 Å². The van der Waals surface area contributed by atoms with Gasteiger partial charge in [0.05, 0.1) is 0 Å². The number of amides is 3. The van der Waals surface area contributed by atoms with Crippen molar-refractivity contribution in [2.75, 3.05) is 13.1 Å². The number of unbranched alkanes of at least 4 members (excludes halogenated alkanes) is 1. The monoisotopic (exact) mass is 229 g/mol. The molecule has 0 unspecified atom stereocenters. The van der Waals surface area contributed by atoms with Gasteiger partial charge in [-0.2, -0.15) is 0 Å². The van der Waals surface area contributed by atoms with Crippen LogP contribution >= 0.6 is 0 Å². The van der Waals surface area contributed by atoms with Crippen molar-refractivity contribution >= 4 is 17.9 Å². The number of carbonyl (C=O) groups is 3. The van der Waals surface area contributed by atoms with Crippen LogP contribution in [0.3, 0.4) is 0 Å². The van der Waals surface area contributed by atoms with Gasteiger partial charge in [0.1, 0.15) is 12.6 Å². The number of hydrogen-bond acceptors (Lipinski definition) is 4. The topological polar surface area (TPSA) is 113 Å². The van der Waals surface area contributed by atoms with Crippen molar-refractivity contribution in [3.8, 4) is 0 Å². The summed E-state index contributed by atoms with van der Waals surface area (Å²) in [5.41, 5.74) is 5.31. The van der Waals surface area contributed by atoms with E-state index in [9.17, 15) is 14.4 Å². The van der Waals surface area contributed by atoms with Gasteiger partial charge in [-0.05, 0) is 25.8 Å². The van der Waals surface area contributed by atoms with Crippen LogP contribution in [0.1, 0.15) is 19.3 Å². The van der Waals surface area contributed by atoms with Crippen LogP contribution in [0, 0.1) is 0 Å². The highest BCUT2D eigenvalue weighted by Gasteiger charge is 2.38. The predicted molar refractivity (Wildman–Crippen MR) is 54.6 cm³/mol. The average Bonchev–Trinajstić information content (AvgIpc) is 2.46. The van der Waals surface area contributed by atoms with Crippen molar-refractivity contribution in [1.29, 1.82) is 0 Å². The number of hydrogen-bond donors (Lipinski definition) is 3. The maximum atomic E-state index is 11.6. The molecule has 1 heterocycles. The Morgan fingerprint density at radius 2 is 2.12 bits per heavy atom. The molecule has 7 nitrogen and oxygen atoms in total. The van der Waals surface area contributed by atoms with E-state index < -0.39 is 30.5 Å². The molecule has 0 radical (unpaired) electrons. The number of urea groups is 1. The van der Waals surface area contributed by atoms with Gasteiger partial charge >= 0.3 is 12.0 Å². The SMILES string of the molecule is NCCCC[C@@H]1NC(=O)N(CC(=O)O)C1=O. The summed E-state index contributed by atoms with van der Waals surface area (Å²) in [5, 5.41) is 11.0. The van der Waals surface area contributed by atoms with Crippen molar-refractivity contribution in [2.24, 2.45) is 5.73 Å². The minimum absolute atomic E-state index is 0.468. The third kappa shape index (κ3) is 2.93. The molecule has 0 bridgehead atoms. The summed E-state index contributed by atoms with van der Waals surface area (Å²) in [4.78, 5) is 34.0. The van der Waals surface area contributed by atoms with Crippen LogP contribution in [-0.2, 0) is 9.59 Å². The molecule has 0 aromatic rings. The summed E-state index contributed by atoms with van der Waals surface area (Å²) in [7, 11) is 0. The number of aliphatic carboxylic acids is 1. The van der Waals surface area contributed by atoms with Gasteiger partial charge in [0.25, 0.3) is 5.91 Å². The molecule has 0 aromatic carbocycles. The standard InChI is InChI=1S/C9H15N3O4/c10-4-2-1-3-6-8(15)12(5-7(13)14)9(16)11-6/h6H,1-5,10H2,(H,11,16)(H,13,14)/t6-/m0/s1. The zero-order chi connectivity index (χ0) is 12.1. The Hall–Kier alpha value is -1.63. The largest absolute Gasteiger partial charge is 0.480 e. The van der Waals surface area contributed by atoms with Crippen LogP contribution in [0.5, 0.6) is 0 Å². The number of imide groups is 1. The van der Waals surface area contributed by atoms with E-state index in [1.165, 1.54) is 0 Å². The second kappa shape index (κ2) is 5.45. The van der Waals surface area contributed by atoms with Gasteiger partial charge in [-0.15, -0.1) is 0 Å². The Morgan fingerprint density at radius 1 is 1.44 bits per heavy atom. The lowest BCUT2D eigenvalue weighted by Crippen LogP contribution is -2.36. The van der Waals surface area contributed by atoms with Crippen molar-refractivity contribution in [3.63, 3.8) is 0 Å². The number of rotatable bonds is 6. The van der Waals surface area contributed by atoms with Gasteiger partial charge < -0.3 is 16.2 Å². The van der Waals surface area contributed by atoms with E-state index in [2.05, 4.69) is 5.32 Å². The average molecular weight is 229 g/mol. The highest BCUT2D eigenvalue weighted by molar-refractivity contribution is 6.05. The molecule has 3 amide bonds. The van der Waals surface area contributed by atoms with Crippen molar-refractivity contribution in [1.82, 2.24) is 10.2 Å². The van der Waals surface area contributed by atoms with E-state index in [0.717, 1.165) is 17.7 Å². The van der Waals surface area contributed by atoms with Crippen LogP contribution in [0.4, 0.5) is 4.79 Å². The number of carboxylic acids is 1. The van der Waals surface area contributed by atoms with E-state index in [0.29, 0.717) is 13.0 Å². The van der Waals surface area contributed by atoms with Gasteiger partial charge in [-0.1, -0.05) is 0 Å². The van der Waals surface area contributed by atoms with Crippen LogP contribution in [0.15, 0.2) is 0 Å². The maximum Gasteiger partial charge on any atom is 0.325 e. The van der Waals surface area contributed by atoms with E-state index in [1.807, 2.05) is 0 Å². The fourth-order valence-electron chi connectivity index (χ4n) is 1.55. The predicted octanol–water partition coefficient (Wildman–Crippen LogP) is -0.880. The minimum Gasteiger partial charge on any atom is -0.480 e. The van der Waals surface area contributed by atoms with E-state index in [-0.39, 0.29) is 0 Å². The third-order valence-electron chi connectivity index (χ3n) is 2.35. The highest BCUT2D eigenvalue weighted by Crippen LogP contribution is 2.11. The Balaban J connectivity index is 2.49. The smallest absolute Gasteiger partial charge is 0.325 e. The number of nitrogens with zero attached hydrogens (tertiary/aromatic N) is 1. The quantitative estimate of drug-likeness (QED) is 0.404. The Bertz CT molecular complexity index is 305. The highest BCUT2D eigenvalue weighted by atomic mass is 16.4. The van der Waals surface area contributed by atoms with Gasteiger partial charge in [-0.25, -0.2) is 4.79 Å². The van der Waals surface area contributed by atoms with E-state index in [1.54, 1.807) is 0 Å². The minimum atomic E-state index is -1.20. The number of carboxylic acid groups (broad SMARTS) is 1. The molecule has 0 aromatic heterocycles.